The van der Waals surface area contributed by atoms with E-state index in [4.69, 9.17) is 10.5 Å². The van der Waals surface area contributed by atoms with Gasteiger partial charge in [-0.1, -0.05) is 0 Å². The van der Waals surface area contributed by atoms with Gasteiger partial charge in [0.25, 0.3) is 0 Å². The number of hydrogen-bond donors (Lipinski definition) is 1. The lowest BCUT2D eigenvalue weighted by molar-refractivity contribution is 0.215. The van der Waals surface area contributed by atoms with Gasteiger partial charge in [0.1, 0.15) is 6.61 Å². The van der Waals surface area contributed by atoms with Gasteiger partial charge in [0.05, 0.1) is 12.1 Å². The maximum atomic E-state index is 5.64. The van der Waals surface area contributed by atoms with E-state index in [9.17, 15) is 0 Å². The molecule has 3 nitrogen and oxygen atoms in total. The van der Waals surface area contributed by atoms with Crippen LogP contribution in [0, 0.1) is 0 Å². The molecule has 0 fully saturated rings. The molecule has 2 N–H and O–H groups in total. The van der Waals surface area contributed by atoms with Crippen molar-refractivity contribution in [2.45, 2.75) is 12.5 Å². The zero-order chi connectivity index (χ0) is 6.04. The lowest BCUT2D eigenvalue weighted by atomic mass is 10.1. The minimum atomic E-state index is -0.241. The summed E-state index contributed by atoms with van der Waals surface area (Å²) in [5, 5.41) is 0. The first-order valence-electron chi connectivity index (χ1n) is 2.59. The second-order valence-corrected chi connectivity index (χ2v) is 2.41. The van der Waals surface area contributed by atoms with E-state index in [0.29, 0.717) is 13.2 Å². The minimum absolute atomic E-state index is 0.241. The van der Waals surface area contributed by atoms with Gasteiger partial charge in [-0.2, -0.15) is 0 Å². The number of nitrogens with two attached hydrogens (primary N) is 1. The van der Waals surface area contributed by atoms with Gasteiger partial charge in [-0.15, -0.1) is 0 Å². The van der Waals surface area contributed by atoms with Gasteiger partial charge in [0, 0.05) is 0 Å². The maximum Gasteiger partial charge on any atom is 0.169 e. The molecule has 0 saturated heterocycles. The first-order chi connectivity index (χ1) is 3.71. The second-order valence-electron chi connectivity index (χ2n) is 2.41. The third-order valence-electron chi connectivity index (χ3n) is 1.01. The predicted molar refractivity (Wildman–Crippen MR) is 31.9 cm³/mol. The van der Waals surface area contributed by atoms with Crippen molar-refractivity contribution in [3.63, 3.8) is 0 Å². The van der Waals surface area contributed by atoms with Crippen LogP contribution in [-0.2, 0) is 4.74 Å². The van der Waals surface area contributed by atoms with E-state index >= 15 is 0 Å². The lowest BCUT2D eigenvalue weighted by Gasteiger charge is -2.23. The van der Waals surface area contributed by atoms with E-state index in [1.807, 2.05) is 6.92 Å². The zero-order valence-corrected chi connectivity index (χ0v) is 4.92. The molecule has 0 aromatic rings. The van der Waals surface area contributed by atoms with Gasteiger partial charge in [-0.3, -0.25) is 4.99 Å². The number of rotatable bonds is 0. The Bertz CT molecular complexity index is 109. The Morgan fingerprint density at radius 1 is 1.88 bits per heavy atom. The predicted octanol–water partition coefficient (Wildman–Crippen LogP) is -0.238. The van der Waals surface area contributed by atoms with Crippen molar-refractivity contribution in [2.24, 2.45) is 10.7 Å². The SMILES string of the molecule is CC1(N)CN=COC1. The van der Waals surface area contributed by atoms with Crippen LogP contribution in [0.4, 0.5) is 0 Å². The van der Waals surface area contributed by atoms with Gasteiger partial charge >= 0.3 is 0 Å². The van der Waals surface area contributed by atoms with Gasteiger partial charge in [0.2, 0.25) is 0 Å². The molecule has 0 saturated carbocycles. The molecule has 1 unspecified atom stereocenters. The normalized spacial score (nSPS) is 36.8. The third kappa shape index (κ3) is 1.20. The summed E-state index contributed by atoms with van der Waals surface area (Å²) in [5.41, 5.74) is 5.40. The molecule has 1 aliphatic heterocycles. The molecule has 3 heteroatoms. The molecule has 0 aromatic carbocycles. The van der Waals surface area contributed by atoms with E-state index in [1.54, 1.807) is 0 Å². The Labute approximate surface area is 48.5 Å². The standard InChI is InChI=1S/C5H10N2O/c1-5(6)2-7-4-8-3-5/h4H,2-3,6H2,1H3. The summed E-state index contributed by atoms with van der Waals surface area (Å²) in [6.45, 7) is 3.17. The highest BCUT2D eigenvalue weighted by Crippen LogP contribution is 2.02. The molecule has 1 atom stereocenters. The molecule has 1 rings (SSSR count). The molecule has 0 bridgehead atoms. The first kappa shape index (κ1) is 5.56. The largest absolute Gasteiger partial charge is 0.482 e. The first-order valence-corrected chi connectivity index (χ1v) is 2.59. The molecular formula is C5H10N2O. The topological polar surface area (TPSA) is 47.6 Å². The van der Waals surface area contributed by atoms with Crippen LogP contribution in [0.3, 0.4) is 0 Å². The summed E-state index contributed by atoms with van der Waals surface area (Å²) in [5.74, 6) is 0. The van der Waals surface area contributed by atoms with Crippen LogP contribution in [0.2, 0.25) is 0 Å². The van der Waals surface area contributed by atoms with Crippen molar-refractivity contribution in [2.75, 3.05) is 13.2 Å². The number of nitrogens with zero attached hydrogens (tertiary/aromatic N) is 1. The average molecular weight is 114 g/mol. The molecule has 0 amide bonds. The summed E-state index contributed by atoms with van der Waals surface area (Å²) in [7, 11) is 0. The maximum absolute atomic E-state index is 5.64. The quantitative estimate of drug-likeness (QED) is 0.472. The number of ether oxygens (including phenoxy) is 1. The van der Waals surface area contributed by atoms with E-state index < -0.39 is 0 Å². The van der Waals surface area contributed by atoms with Gasteiger partial charge in [-0.25, -0.2) is 0 Å². The molecule has 1 heterocycles. The van der Waals surface area contributed by atoms with Crippen LogP contribution < -0.4 is 5.73 Å². The van der Waals surface area contributed by atoms with Crippen molar-refractivity contribution in [1.82, 2.24) is 0 Å². The van der Waals surface area contributed by atoms with Crippen LogP contribution in [0.25, 0.3) is 0 Å². The Morgan fingerprint density at radius 3 is 2.88 bits per heavy atom. The van der Waals surface area contributed by atoms with Crippen LogP contribution in [0.1, 0.15) is 6.92 Å². The Morgan fingerprint density at radius 2 is 2.62 bits per heavy atom. The van der Waals surface area contributed by atoms with E-state index in [0.717, 1.165) is 0 Å². The van der Waals surface area contributed by atoms with Gasteiger partial charge < -0.3 is 10.5 Å². The summed E-state index contributed by atoms with van der Waals surface area (Å²) >= 11 is 0. The fourth-order valence-corrected chi connectivity index (χ4v) is 0.572. The van der Waals surface area contributed by atoms with Crippen molar-refractivity contribution in [3.8, 4) is 0 Å². The van der Waals surface area contributed by atoms with Crippen molar-refractivity contribution in [3.05, 3.63) is 0 Å². The average Bonchev–Trinajstić information content (AvgIpc) is 1.65. The highest BCUT2D eigenvalue weighted by Gasteiger charge is 2.20. The zero-order valence-electron chi connectivity index (χ0n) is 4.92. The Balaban J connectivity index is 2.50. The smallest absolute Gasteiger partial charge is 0.169 e. The Kier molecular flexibility index (Phi) is 1.21. The molecule has 0 aliphatic carbocycles. The van der Waals surface area contributed by atoms with Crippen molar-refractivity contribution >= 4 is 6.40 Å². The fourth-order valence-electron chi connectivity index (χ4n) is 0.572. The van der Waals surface area contributed by atoms with Crippen molar-refractivity contribution in [1.29, 1.82) is 0 Å². The molecule has 0 spiro atoms. The summed E-state index contributed by atoms with van der Waals surface area (Å²) in [6.07, 6.45) is 1.45. The van der Waals surface area contributed by atoms with Crippen LogP contribution in [0.15, 0.2) is 4.99 Å². The number of aliphatic imine (C=N–C) groups is 1. The fraction of sp³-hybridized carbons (Fsp3) is 0.800. The van der Waals surface area contributed by atoms with E-state index in [-0.39, 0.29) is 5.54 Å². The second kappa shape index (κ2) is 1.74. The molecule has 0 aromatic heterocycles. The minimum Gasteiger partial charge on any atom is -0.482 e. The van der Waals surface area contributed by atoms with Crippen LogP contribution in [-0.4, -0.2) is 25.1 Å². The van der Waals surface area contributed by atoms with Crippen molar-refractivity contribution < 1.29 is 4.74 Å². The highest BCUT2D eigenvalue weighted by molar-refractivity contribution is 5.47. The summed E-state index contributed by atoms with van der Waals surface area (Å²) < 4.78 is 4.87. The van der Waals surface area contributed by atoms with Crippen LogP contribution in [0.5, 0.6) is 0 Å². The molecular weight excluding hydrogens is 104 g/mol. The molecule has 46 valence electrons. The van der Waals surface area contributed by atoms with Crippen LogP contribution >= 0.6 is 0 Å². The van der Waals surface area contributed by atoms with Gasteiger partial charge in [-0.05, 0) is 6.92 Å². The lowest BCUT2D eigenvalue weighted by Crippen LogP contribution is -2.46. The van der Waals surface area contributed by atoms with Gasteiger partial charge in [0.15, 0.2) is 6.40 Å². The molecule has 1 aliphatic rings. The summed E-state index contributed by atoms with van der Waals surface area (Å²) in [4.78, 5) is 3.86. The molecule has 8 heavy (non-hydrogen) atoms. The summed E-state index contributed by atoms with van der Waals surface area (Å²) in [6, 6.07) is 0. The van der Waals surface area contributed by atoms with E-state index in [1.165, 1.54) is 6.40 Å². The Hall–Kier alpha value is -0.570. The monoisotopic (exact) mass is 114 g/mol. The number of hydrogen-bond acceptors (Lipinski definition) is 3. The third-order valence-corrected chi connectivity index (χ3v) is 1.01. The molecule has 0 radical (unpaired) electrons. The van der Waals surface area contributed by atoms with E-state index in [2.05, 4.69) is 4.99 Å². The highest BCUT2D eigenvalue weighted by atomic mass is 16.5.